The number of unbranched alkanes of at least 4 members (excludes halogenated alkanes) is 1. The van der Waals surface area contributed by atoms with Gasteiger partial charge in [-0.05, 0) is 31.0 Å². The first-order valence-electron chi connectivity index (χ1n) is 8.05. The van der Waals surface area contributed by atoms with Crippen LogP contribution in [0.25, 0.3) is 0 Å². The van der Waals surface area contributed by atoms with Crippen molar-refractivity contribution in [2.45, 2.75) is 31.0 Å². The van der Waals surface area contributed by atoms with Gasteiger partial charge in [-0.3, -0.25) is 10.1 Å². The zero-order valence-corrected chi connectivity index (χ0v) is 16.9. The maximum Gasteiger partial charge on any atom is 0.321 e. The summed E-state index contributed by atoms with van der Waals surface area (Å²) in [5.41, 5.74) is 1.81. The largest absolute Gasteiger partial charge is 0.338 e. The number of carbonyl (C=O) groups is 2. The van der Waals surface area contributed by atoms with Gasteiger partial charge in [0, 0.05) is 17.3 Å². The second kappa shape index (κ2) is 10.3. The third-order valence-corrected chi connectivity index (χ3v) is 5.60. The number of hydrogen-bond acceptors (Lipinski definition) is 7. The molecule has 10 heteroatoms. The molecule has 1 aromatic carbocycles. The number of benzene rings is 1. The van der Waals surface area contributed by atoms with Gasteiger partial charge in [-0.2, -0.15) is 0 Å². The van der Waals surface area contributed by atoms with Crippen LogP contribution < -0.4 is 16.0 Å². The van der Waals surface area contributed by atoms with E-state index in [-0.39, 0.29) is 11.7 Å². The first kappa shape index (κ1) is 20.5. The Morgan fingerprint density at radius 2 is 2.12 bits per heavy atom. The highest BCUT2D eigenvalue weighted by Gasteiger charge is 2.11. The molecule has 1 heterocycles. The Morgan fingerprint density at radius 3 is 2.85 bits per heavy atom. The Kier molecular flexibility index (Phi) is 8.14. The zero-order chi connectivity index (χ0) is 18.9. The van der Waals surface area contributed by atoms with Gasteiger partial charge in [0.15, 0.2) is 4.34 Å². The normalized spacial score (nSPS) is 10.4. The molecule has 0 aliphatic rings. The molecule has 0 radical (unpaired) electrons. The lowest BCUT2D eigenvalue weighted by Gasteiger charge is -2.05. The predicted molar refractivity (Wildman–Crippen MR) is 107 cm³/mol. The molecule has 0 unspecified atom stereocenters. The van der Waals surface area contributed by atoms with Crippen LogP contribution in [0.5, 0.6) is 0 Å². The number of rotatable bonds is 8. The molecule has 1 aromatic heterocycles. The molecule has 0 atom stereocenters. The number of thioether (sulfide) groups is 1. The molecule has 0 bridgehead atoms. The molecule has 0 aliphatic heterocycles. The SMILES string of the molecule is CCCCNC(=O)NC(=O)CSc1nnc(Nc2ccc(C)c(Cl)c2)s1. The van der Waals surface area contributed by atoms with E-state index in [1.54, 1.807) is 0 Å². The van der Waals surface area contributed by atoms with Crippen LogP contribution in [0.2, 0.25) is 5.02 Å². The number of aromatic nitrogens is 2. The Hall–Kier alpha value is -1.84. The smallest absolute Gasteiger partial charge is 0.321 e. The number of hydrogen-bond donors (Lipinski definition) is 3. The van der Waals surface area contributed by atoms with E-state index in [2.05, 4.69) is 26.1 Å². The number of nitrogens with zero attached hydrogens (tertiary/aromatic N) is 2. The van der Waals surface area contributed by atoms with E-state index in [0.717, 1.165) is 24.1 Å². The molecule has 0 fully saturated rings. The van der Waals surface area contributed by atoms with E-state index in [1.165, 1.54) is 23.1 Å². The van der Waals surface area contributed by atoms with E-state index in [1.807, 2.05) is 32.0 Å². The van der Waals surface area contributed by atoms with Crippen molar-refractivity contribution in [2.75, 3.05) is 17.6 Å². The van der Waals surface area contributed by atoms with Gasteiger partial charge in [0.1, 0.15) is 0 Å². The van der Waals surface area contributed by atoms with Crippen molar-refractivity contribution >= 4 is 57.5 Å². The van der Waals surface area contributed by atoms with Crippen molar-refractivity contribution in [3.63, 3.8) is 0 Å². The van der Waals surface area contributed by atoms with Crippen molar-refractivity contribution in [3.8, 4) is 0 Å². The minimum atomic E-state index is -0.472. The minimum absolute atomic E-state index is 0.0895. The van der Waals surface area contributed by atoms with Crippen LogP contribution >= 0.6 is 34.7 Å². The number of anilines is 2. The van der Waals surface area contributed by atoms with Crippen LogP contribution in [0.15, 0.2) is 22.5 Å². The van der Waals surface area contributed by atoms with Gasteiger partial charge in [0.25, 0.3) is 0 Å². The van der Waals surface area contributed by atoms with Crippen LogP contribution in [-0.2, 0) is 4.79 Å². The lowest BCUT2D eigenvalue weighted by molar-refractivity contribution is -0.117. The molecule has 7 nitrogen and oxygen atoms in total. The quantitative estimate of drug-likeness (QED) is 0.447. The molecule has 0 saturated heterocycles. The van der Waals surface area contributed by atoms with Gasteiger partial charge in [0.2, 0.25) is 11.0 Å². The molecule has 2 rings (SSSR count). The zero-order valence-electron chi connectivity index (χ0n) is 14.5. The van der Waals surface area contributed by atoms with Gasteiger partial charge in [-0.1, -0.05) is 54.1 Å². The predicted octanol–water partition coefficient (Wildman–Crippen LogP) is 3.96. The van der Waals surface area contributed by atoms with Crippen LogP contribution in [0.4, 0.5) is 15.6 Å². The topological polar surface area (TPSA) is 96.0 Å². The highest BCUT2D eigenvalue weighted by Crippen LogP contribution is 2.29. The van der Waals surface area contributed by atoms with Crippen molar-refractivity contribution in [2.24, 2.45) is 0 Å². The van der Waals surface area contributed by atoms with E-state index < -0.39 is 6.03 Å². The summed E-state index contributed by atoms with van der Waals surface area (Å²) in [6.45, 7) is 4.51. The number of halogens is 1. The van der Waals surface area contributed by atoms with Crippen LogP contribution in [-0.4, -0.2) is 34.4 Å². The van der Waals surface area contributed by atoms with Gasteiger partial charge in [-0.15, -0.1) is 10.2 Å². The summed E-state index contributed by atoms with van der Waals surface area (Å²) in [5, 5.41) is 17.4. The maximum atomic E-state index is 11.8. The third kappa shape index (κ3) is 6.81. The van der Waals surface area contributed by atoms with Gasteiger partial charge < -0.3 is 10.6 Å². The lowest BCUT2D eigenvalue weighted by atomic mass is 10.2. The minimum Gasteiger partial charge on any atom is -0.338 e. The molecule has 26 heavy (non-hydrogen) atoms. The van der Waals surface area contributed by atoms with Gasteiger partial charge in [0.05, 0.1) is 5.75 Å². The number of urea groups is 1. The first-order valence-corrected chi connectivity index (χ1v) is 10.2. The second-order valence-electron chi connectivity index (χ2n) is 5.41. The number of aryl methyl sites for hydroxylation is 1. The van der Waals surface area contributed by atoms with Crippen LogP contribution in [0, 0.1) is 6.92 Å². The van der Waals surface area contributed by atoms with E-state index in [0.29, 0.717) is 21.0 Å². The van der Waals surface area contributed by atoms with Crippen molar-refractivity contribution in [3.05, 3.63) is 28.8 Å². The Bertz CT molecular complexity index is 769. The summed E-state index contributed by atoms with van der Waals surface area (Å²) in [6.07, 6.45) is 1.86. The van der Waals surface area contributed by atoms with Crippen LogP contribution in [0.3, 0.4) is 0 Å². The Balaban J connectivity index is 1.78. The maximum absolute atomic E-state index is 11.8. The van der Waals surface area contributed by atoms with Crippen molar-refractivity contribution in [1.82, 2.24) is 20.8 Å². The first-order chi connectivity index (χ1) is 12.5. The highest BCUT2D eigenvalue weighted by molar-refractivity contribution is 8.01. The van der Waals surface area contributed by atoms with Gasteiger partial charge in [-0.25, -0.2) is 4.79 Å². The molecule has 3 amide bonds. The molecule has 0 spiro atoms. The highest BCUT2D eigenvalue weighted by atomic mass is 35.5. The standard InChI is InChI=1S/C16H20ClN5O2S2/c1-3-4-7-18-14(24)20-13(23)9-25-16-22-21-15(26-16)19-11-6-5-10(2)12(17)8-11/h5-6,8H,3-4,7,9H2,1-2H3,(H,19,21)(H2,18,20,23,24). The fraction of sp³-hybridized carbons (Fsp3) is 0.375. The lowest BCUT2D eigenvalue weighted by Crippen LogP contribution is -2.40. The number of carbonyl (C=O) groups excluding carboxylic acids is 2. The molecule has 3 N–H and O–H groups in total. The number of nitrogens with one attached hydrogen (secondary N) is 3. The fourth-order valence-electron chi connectivity index (χ4n) is 1.83. The summed E-state index contributed by atoms with van der Waals surface area (Å²) < 4.78 is 0.632. The van der Waals surface area contributed by atoms with Crippen LogP contribution in [0.1, 0.15) is 25.3 Å². The summed E-state index contributed by atoms with van der Waals surface area (Å²) in [6, 6.07) is 5.16. The van der Waals surface area contributed by atoms with E-state index in [4.69, 9.17) is 11.6 Å². The molecule has 0 saturated carbocycles. The third-order valence-electron chi connectivity index (χ3n) is 3.23. The molecule has 0 aliphatic carbocycles. The second-order valence-corrected chi connectivity index (χ2v) is 8.02. The van der Waals surface area contributed by atoms with E-state index >= 15 is 0 Å². The monoisotopic (exact) mass is 413 g/mol. The molecular formula is C16H20ClN5O2S2. The summed E-state index contributed by atoms with van der Waals surface area (Å²) in [5.74, 6) is -0.286. The summed E-state index contributed by atoms with van der Waals surface area (Å²) >= 11 is 8.64. The average Bonchev–Trinajstić information content (AvgIpc) is 3.04. The van der Waals surface area contributed by atoms with E-state index in [9.17, 15) is 9.59 Å². The van der Waals surface area contributed by atoms with Crippen molar-refractivity contribution in [1.29, 1.82) is 0 Å². The fourth-order valence-corrected chi connectivity index (χ4v) is 3.58. The molecular weight excluding hydrogens is 394 g/mol. The Morgan fingerprint density at radius 1 is 1.31 bits per heavy atom. The average molecular weight is 414 g/mol. The summed E-state index contributed by atoms with van der Waals surface area (Å²) in [7, 11) is 0. The van der Waals surface area contributed by atoms with Crippen molar-refractivity contribution < 1.29 is 9.59 Å². The summed E-state index contributed by atoms with van der Waals surface area (Å²) in [4.78, 5) is 23.3. The number of imide groups is 1. The molecule has 2 aromatic rings. The van der Waals surface area contributed by atoms with Gasteiger partial charge >= 0.3 is 6.03 Å². The Labute approximate surface area is 165 Å². The number of amides is 3. The molecule has 140 valence electrons.